The summed E-state index contributed by atoms with van der Waals surface area (Å²) < 4.78 is 6.75. The van der Waals surface area contributed by atoms with Crippen molar-refractivity contribution >= 4 is 36.0 Å². The third kappa shape index (κ3) is 3.04. The molecule has 3 rings (SSSR count). The fourth-order valence-electron chi connectivity index (χ4n) is 3.10. The zero-order chi connectivity index (χ0) is 14.2. The van der Waals surface area contributed by atoms with Gasteiger partial charge in [-0.1, -0.05) is 12.2 Å². The van der Waals surface area contributed by atoms with Crippen molar-refractivity contribution in [3.63, 3.8) is 0 Å². The number of rotatable bonds is 2. The van der Waals surface area contributed by atoms with Gasteiger partial charge in [0, 0.05) is 39.3 Å². The first kappa shape index (κ1) is 15.5. The van der Waals surface area contributed by atoms with Crippen molar-refractivity contribution in [3.8, 4) is 0 Å². The first-order valence-electron chi connectivity index (χ1n) is 7.57. The maximum atomic E-state index is 5.68. The van der Waals surface area contributed by atoms with E-state index in [1.54, 1.807) is 0 Å². The van der Waals surface area contributed by atoms with E-state index in [-0.39, 0.29) is 0 Å². The topological polar surface area (TPSA) is 13.0 Å². The van der Waals surface area contributed by atoms with Crippen LogP contribution in [0.25, 0.3) is 0 Å². The monoisotopic (exact) mass is 334 g/mol. The van der Waals surface area contributed by atoms with Gasteiger partial charge in [0.25, 0.3) is 0 Å². The predicted molar refractivity (Wildman–Crippen MR) is 95.2 cm³/mol. The molecule has 0 bridgehead atoms. The number of thiocarbonyl (C=S) groups is 1. The summed E-state index contributed by atoms with van der Waals surface area (Å²) in [6.45, 7) is 9.64. The van der Waals surface area contributed by atoms with Crippen LogP contribution < -0.4 is 0 Å². The Morgan fingerprint density at radius 1 is 0.800 bits per heavy atom. The molecule has 3 fully saturated rings. The van der Waals surface area contributed by atoms with Crippen LogP contribution in [0.15, 0.2) is 0 Å². The van der Waals surface area contributed by atoms with Crippen LogP contribution in [0.2, 0.25) is 0 Å². The second-order valence-electron chi connectivity index (χ2n) is 6.00. The molecule has 3 heterocycles. The molecule has 0 atom stereocenters. The summed E-state index contributed by atoms with van der Waals surface area (Å²) in [4.78, 5) is 4.92. The van der Waals surface area contributed by atoms with E-state index in [0.717, 1.165) is 0 Å². The number of nitrogens with zero attached hydrogens (tertiary/aromatic N) is 4. The van der Waals surface area contributed by atoms with E-state index in [0.29, 0.717) is 0 Å². The van der Waals surface area contributed by atoms with Crippen LogP contribution in [-0.2, 0) is 0 Å². The fourth-order valence-corrected chi connectivity index (χ4v) is 10.3. The van der Waals surface area contributed by atoms with Crippen LogP contribution in [0, 0.1) is 0 Å². The molecule has 4 nitrogen and oxygen atoms in total. The summed E-state index contributed by atoms with van der Waals surface area (Å²) in [5, 5.41) is 0. The smallest absolute Gasteiger partial charge is 0.134 e. The zero-order valence-electron chi connectivity index (χ0n) is 12.6. The number of hydrogen-bond donors (Lipinski definition) is 0. The molecule has 0 spiro atoms. The highest BCUT2D eigenvalue weighted by atomic mass is 33.2. The molecule has 0 N–H and O–H groups in total. The van der Waals surface area contributed by atoms with E-state index in [1.165, 1.54) is 68.7 Å². The molecule has 0 unspecified atom stereocenters. The van der Waals surface area contributed by atoms with Crippen molar-refractivity contribution in [1.29, 1.82) is 0 Å². The summed E-state index contributed by atoms with van der Waals surface area (Å²) in [6.07, 6.45) is 2.56. The minimum atomic E-state index is -0.946. The lowest BCUT2D eigenvalue weighted by molar-refractivity contribution is 0.343. The van der Waals surface area contributed by atoms with Crippen molar-refractivity contribution in [2.75, 3.05) is 66.5 Å². The molecular formula is C13H26N4S3. The third-order valence-electron chi connectivity index (χ3n) is 4.43. The lowest BCUT2D eigenvalue weighted by Crippen LogP contribution is -2.37. The molecule has 0 radical (unpaired) electrons. The van der Waals surface area contributed by atoms with E-state index in [2.05, 4.69) is 32.5 Å². The van der Waals surface area contributed by atoms with Crippen molar-refractivity contribution in [1.82, 2.24) is 18.4 Å². The molecule has 7 heteroatoms. The molecule has 0 aliphatic carbocycles. The van der Waals surface area contributed by atoms with Crippen LogP contribution in [0.1, 0.15) is 12.8 Å². The van der Waals surface area contributed by atoms with Crippen molar-refractivity contribution < 1.29 is 0 Å². The Balaban J connectivity index is 1.72. The Bertz CT molecular complexity index is 355. The Morgan fingerprint density at radius 2 is 1.25 bits per heavy atom. The van der Waals surface area contributed by atoms with Gasteiger partial charge in [-0.2, -0.15) is 0 Å². The predicted octanol–water partition coefficient (Wildman–Crippen LogP) is 1.84. The van der Waals surface area contributed by atoms with E-state index in [4.69, 9.17) is 12.2 Å². The van der Waals surface area contributed by atoms with Crippen molar-refractivity contribution in [3.05, 3.63) is 0 Å². The van der Waals surface area contributed by atoms with Crippen LogP contribution in [0.3, 0.4) is 0 Å². The summed E-state index contributed by atoms with van der Waals surface area (Å²) in [7, 11) is 5.54. The largest absolute Gasteiger partial charge is 0.305 e. The average molecular weight is 335 g/mol. The maximum absolute atomic E-state index is 5.68. The SMILES string of the molecule is CN1CCCN(S2(N3CCCN(C)CC3)SC2=S)CC1. The van der Waals surface area contributed by atoms with Gasteiger partial charge < -0.3 is 9.80 Å². The lowest BCUT2D eigenvalue weighted by atomic mass is 10.4. The molecule has 0 aromatic rings. The summed E-state index contributed by atoms with van der Waals surface area (Å²) in [5.74, 6) is 0. The number of hydrogen-bond acceptors (Lipinski definition) is 6. The van der Waals surface area contributed by atoms with Gasteiger partial charge in [0.05, 0.1) is 0 Å². The first-order valence-corrected chi connectivity index (χ1v) is 10.9. The highest BCUT2D eigenvalue weighted by Gasteiger charge is 2.55. The van der Waals surface area contributed by atoms with Gasteiger partial charge in [-0.3, -0.25) is 0 Å². The maximum Gasteiger partial charge on any atom is 0.134 e. The normalized spacial score (nSPS) is 32.6. The molecule has 116 valence electrons. The molecule has 3 aliphatic heterocycles. The van der Waals surface area contributed by atoms with E-state index < -0.39 is 9.43 Å². The van der Waals surface area contributed by atoms with E-state index in [9.17, 15) is 0 Å². The molecule has 3 saturated heterocycles. The lowest BCUT2D eigenvalue weighted by Gasteiger charge is -2.40. The minimum Gasteiger partial charge on any atom is -0.305 e. The summed E-state index contributed by atoms with van der Waals surface area (Å²) >= 11 is 5.68. The first-order chi connectivity index (χ1) is 9.63. The average Bonchev–Trinajstić information content (AvgIpc) is 3.15. The van der Waals surface area contributed by atoms with Gasteiger partial charge in [0.1, 0.15) is 3.53 Å². The van der Waals surface area contributed by atoms with Gasteiger partial charge in [-0.15, -0.1) is 0 Å². The summed E-state index contributed by atoms with van der Waals surface area (Å²) in [6, 6.07) is 0. The Hall–Kier alpha value is 0.630. The molecular weight excluding hydrogens is 308 g/mol. The molecule has 20 heavy (non-hydrogen) atoms. The third-order valence-corrected chi connectivity index (χ3v) is 12.1. The zero-order valence-corrected chi connectivity index (χ0v) is 15.0. The van der Waals surface area contributed by atoms with Crippen LogP contribution in [-0.4, -0.2) is 88.4 Å². The standard InChI is InChI=1S/C13H26N4S3/c1-14-5-3-7-16(11-9-14)20(13(18)19-20)17-8-4-6-15(2)10-12-17/h3-12H2,1-2H3. The van der Waals surface area contributed by atoms with E-state index >= 15 is 0 Å². The second-order valence-corrected chi connectivity index (χ2v) is 12.1. The van der Waals surface area contributed by atoms with Gasteiger partial charge >= 0.3 is 0 Å². The van der Waals surface area contributed by atoms with Gasteiger partial charge in [0.15, 0.2) is 0 Å². The van der Waals surface area contributed by atoms with Crippen LogP contribution in [0.4, 0.5) is 0 Å². The van der Waals surface area contributed by atoms with Gasteiger partial charge in [-0.05, 0) is 60.3 Å². The van der Waals surface area contributed by atoms with Crippen molar-refractivity contribution in [2.45, 2.75) is 12.8 Å². The minimum absolute atomic E-state index is 0.946. The van der Waals surface area contributed by atoms with E-state index in [1.807, 2.05) is 10.8 Å². The fraction of sp³-hybridized carbons (Fsp3) is 0.923. The molecule has 0 saturated carbocycles. The van der Waals surface area contributed by atoms with Crippen LogP contribution >= 0.6 is 32.4 Å². The Morgan fingerprint density at radius 3 is 1.65 bits per heavy atom. The van der Waals surface area contributed by atoms with Crippen LogP contribution in [0.5, 0.6) is 0 Å². The van der Waals surface area contributed by atoms with Gasteiger partial charge in [0.2, 0.25) is 0 Å². The quantitative estimate of drug-likeness (QED) is 0.431. The van der Waals surface area contributed by atoms with Crippen molar-refractivity contribution in [2.24, 2.45) is 0 Å². The number of likely N-dealkylation sites (N-methyl/N-ethyl adjacent to an activating group) is 2. The second kappa shape index (κ2) is 6.40. The summed E-state index contributed by atoms with van der Waals surface area (Å²) in [5.41, 5.74) is 0. The van der Waals surface area contributed by atoms with Gasteiger partial charge in [-0.25, -0.2) is 8.61 Å². The molecule has 0 amide bonds. The Kier molecular flexibility index (Phi) is 4.97. The molecule has 0 aromatic carbocycles. The molecule has 0 aromatic heterocycles. The highest BCUT2D eigenvalue weighted by molar-refractivity contribution is 9.25. The highest BCUT2D eigenvalue weighted by Crippen LogP contribution is 2.83. The molecule has 3 aliphatic rings. The Labute approximate surface area is 133 Å².